The first-order chi connectivity index (χ1) is 7.95. The average molecular weight is 238 g/mol. The Hall–Kier alpha value is -2.44. The summed E-state index contributed by atoms with van der Waals surface area (Å²) in [5.74, 6) is -1.11. The van der Waals surface area contributed by atoms with E-state index in [0.29, 0.717) is 0 Å². The number of amides is 1. The number of anilines is 1. The molecule has 0 aliphatic rings. The van der Waals surface area contributed by atoms with Crippen LogP contribution in [0.2, 0.25) is 0 Å². The highest BCUT2D eigenvalue weighted by Crippen LogP contribution is 2.25. The summed E-state index contributed by atoms with van der Waals surface area (Å²) in [4.78, 5) is 32.1. The smallest absolute Gasteiger partial charge is 0.338 e. The molecule has 0 saturated carbocycles. The minimum Gasteiger partial charge on any atom is -0.465 e. The summed E-state index contributed by atoms with van der Waals surface area (Å²) in [5.41, 5.74) is -0.272. The first-order valence-electron chi connectivity index (χ1n) is 4.60. The van der Waals surface area contributed by atoms with Crippen molar-refractivity contribution in [1.82, 2.24) is 0 Å². The Labute approximate surface area is 96.5 Å². The standard InChI is InChI=1S/C10H10N2O5/c1-6(13)11-8-4-3-7(10(14)17-2)5-9(8)12(15)16/h3-5H,1-2H3,(H,11,13). The van der Waals surface area contributed by atoms with Crippen LogP contribution in [-0.2, 0) is 9.53 Å². The van der Waals surface area contributed by atoms with Gasteiger partial charge in [0.05, 0.1) is 17.6 Å². The van der Waals surface area contributed by atoms with Crippen molar-refractivity contribution in [2.45, 2.75) is 6.92 Å². The molecule has 1 aromatic rings. The van der Waals surface area contributed by atoms with Crippen LogP contribution in [0.5, 0.6) is 0 Å². The minimum absolute atomic E-state index is 0.0372. The van der Waals surface area contributed by atoms with Gasteiger partial charge in [0.25, 0.3) is 5.69 Å². The maximum Gasteiger partial charge on any atom is 0.338 e. The third-order valence-corrected chi connectivity index (χ3v) is 1.93. The zero-order valence-corrected chi connectivity index (χ0v) is 9.22. The molecule has 1 rings (SSSR count). The second-order valence-electron chi connectivity index (χ2n) is 3.16. The van der Waals surface area contributed by atoms with Crippen molar-refractivity contribution in [2.24, 2.45) is 0 Å². The highest BCUT2D eigenvalue weighted by molar-refractivity contribution is 5.95. The van der Waals surface area contributed by atoms with Gasteiger partial charge in [-0.2, -0.15) is 0 Å². The molecule has 0 saturated heterocycles. The lowest BCUT2D eigenvalue weighted by atomic mass is 10.1. The van der Waals surface area contributed by atoms with Crippen molar-refractivity contribution in [2.75, 3.05) is 12.4 Å². The quantitative estimate of drug-likeness (QED) is 0.486. The summed E-state index contributed by atoms with van der Waals surface area (Å²) >= 11 is 0. The zero-order valence-electron chi connectivity index (χ0n) is 9.22. The Balaban J connectivity index is 3.21. The predicted octanol–water partition coefficient (Wildman–Crippen LogP) is 1.34. The van der Waals surface area contributed by atoms with Gasteiger partial charge in [-0.1, -0.05) is 0 Å². The fourth-order valence-corrected chi connectivity index (χ4v) is 1.22. The van der Waals surface area contributed by atoms with E-state index >= 15 is 0 Å². The molecule has 90 valence electrons. The van der Waals surface area contributed by atoms with Gasteiger partial charge in [0.15, 0.2) is 0 Å². The summed E-state index contributed by atoms with van der Waals surface area (Å²) in [6.07, 6.45) is 0. The molecule has 0 spiro atoms. The van der Waals surface area contributed by atoms with Gasteiger partial charge in [-0.3, -0.25) is 14.9 Å². The lowest BCUT2D eigenvalue weighted by Gasteiger charge is -2.05. The molecule has 0 aliphatic carbocycles. The summed E-state index contributed by atoms with van der Waals surface area (Å²) in [5, 5.41) is 13.1. The van der Waals surface area contributed by atoms with Crippen LogP contribution in [0.25, 0.3) is 0 Å². The number of carbonyl (C=O) groups is 2. The van der Waals surface area contributed by atoms with Gasteiger partial charge in [-0.05, 0) is 12.1 Å². The second-order valence-corrected chi connectivity index (χ2v) is 3.16. The maximum atomic E-state index is 11.2. The third-order valence-electron chi connectivity index (χ3n) is 1.93. The molecule has 7 heteroatoms. The van der Waals surface area contributed by atoms with Crippen LogP contribution in [0.3, 0.4) is 0 Å². The number of nitro benzene ring substituents is 1. The summed E-state index contributed by atoms with van der Waals surface area (Å²) < 4.78 is 4.44. The van der Waals surface area contributed by atoms with Gasteiger partial charge in [-0.25, -0.2) is 4.79 Å². The molecule has 1 N–H and O–H groups in total. The van der Waals surface area contributed by atoms with Gasteiger partial charge >= 0.3 is 5.97 Å². The molecule has 0 atom stereocenters. The number of nitro groups is 1. The molecule has 0 heterocycles. The number of ether oxygens (including phenoxy) is 1. The highest BCUT2D eigenvalue weighted by atomic mass is 16.6. The molecule has 1 amide bonds. The lowest BCUT2D eigenvalue weighted by Crippen LogP contribution is -2.09. The number of carbonyl (C=O) groups excluding carboxylic acids is 2. The van der Waals surface area contributed by atoms with Crippen molar-refractivity contribution in [1.29, 1.82) is 0 Å². The molecule has 0 bridgehead atoms. The van der Waals surface area contributed by atoms with E-state index in [9.17, 15) is 19.7 Å². The SMILES string of the molecule is COC(=O)c1ccc(NC(C)=O)c([N+](=O)[O-])c1. The molecule has 7 nitrogen and oxygen atoms in total. The van der Waals surface area contributed by atoms with Crippen molar-refractivity contribution in [3.63, 3.8) is 0 Å². The van der Waals surface area contributed by atoms with Crippen LogP contribution in [-0.4, -0.2) is 23.9 Å². The topological polar surface area (TPSA) is 98.5 Å². The van der Waals surface area contributed by atoms with E-state index in [-0.39, 0.29) is 16.9 Å². The van der Waals surface area contributed by atoms with Crippen molar-refractivity contribution in [3.05, 3.63) is 33.9 Å². The number of nitrogens with zero attached hydrogens (tertiary/aromatic N) is 1. The van der Waals surface area contributed by atoms with Gasteiger partial charge in [-0.15, -0.1) is 0 Å². The Morgan fingerprint density at radius 2 is 2.06 bits per heavy atom. The van der Waals surface area contributed by atoms with Crippen LogP contribution in [0.1, 0.15) is 17.3 Å². The fraction of sp³-hybridized carbons (Fsp3) is 0.200. The highest BCUT2D eigenvalue weighted by Gasteiger charge is 2.18. The molecule has 1 aromatic carbocycles. The van der Waals surface area contributed by atoms with E-state index < -0.39 is 16.8 Å². The zero-order chi connectivity index (χ0) is 13.0. The number of rotatable bonds is 3. The number of nitrogens with one attached hydrogen (secondary N) is 1. The van der Waals surface area contributed by atoms with Gasteiger partial charge in [0.1, 0.15) is 5.69 Å². The minimum atomic E-state index is -0.683. The average Bonchev–Trinajstić information content (AvgIpc) is 2.27. The molecule has 0 aliphatic heterocycles. The van der Waals surface area contributed by atoms with Gasteiger partial charge in [0.2, 0.25) is 5.91 Å². The number of benzene rings is 1. The van der Waals surface area contributed by atoms with E-state index in [1.165, 1.54) is 26.2 Å². The molecule has 17 heavy (non-hydrogen) atoms. The monoisotopic (exact) mass is 238 g/mol. The Morgan fingerprint density at radius 3 is 2.53 bits per heavy atom. The number of methoxy groups -OCH3 is 1. The Kier molecular flexibility index (Phi) is 3.76. The van der Waals surface area contributed by atoms with E-state index in [4.69, 9.17) is 0 Å². The number of hydrogen-bond donors (Lipinski definition) is 1. The number of esters is 1. The van der Waals surface area contributed by atoms with Gasteiger partial charge < -0.3 is 10.1 Å². The van der Waals surface area contributed by atoms with Crippen LogP contribution in [0.15, 0.2) is 18.2 Å². The van der Waals surface area contributed by atoms with E-state index in [2.05, 4.69) is 10.1 Å². The number of hydrogen-bond acceptors (Lipinski definition) is 5. The molecule has 0 unspecified atom stereocenters. The van der Waals surface area contributed by atoms with Crippen LogP contribution in [0.4, 0.5) is 11.4 Å². The summed E-state index contributed by atoms with van der Waals surface area (Å²) in [6, 6.07) is 3.67. The first-order valence-corrected chi connectivity index (χ1v) is 4.60. The Bertz CT molecular complexity index is 484. The summed E-state index contributed by atoms with van der Waals surface area (Å²) in [7, 11) is 1.18. The van der Waals surface area contributed by atoms with Crippen molar-refractivity contribution >= 4 is 23.3 Å². The van der Waals surface area contributed by atoms with E-state index in [1.807, 2.05) is 0 Å². The third kappa shape index (κ3) is 3.00. The van der Waals surface area contributed by atoms with Crippen LogP contribution in [0, 0.1) is 10.1 Å². The largest absolute Gasteiger partial charge is 0.465 e. The second kappa shape index (κ2) is 5.06. The van der Waals surface area contributed by atoms with Crippen LogP contribution < -0.4 is 5.32 Å². The molecular formula is C10H10N2O5. The lowest BCUT2D eigenvalue weighted by molar-refractivity contribution is -0.384. The maximum absolute atomic E-state index is 11.2. The summed E-state index contributed by atoms with van der Waals surface area (Å²) in [6.45, 7) is 1.23. The molecule has 0 radical (unpaired) electrons. The predicted molar refractivity (Wildman–Crippen MR) is 58.7 cm³/mol. The van der Waals surface area contributed by atoms with Gasteiger partial charge in [0, 0.05) is 13.0 Å². The van der Waals surface area contributed by atoms with Crippen molar-refractivity contribution < 1.29 is 19.2 Å². The van der Waals surface area contributed by atoms with Crippen molar-refractivity contribution in [3.8, 4) is 0 Å². The van der Waals surface area contributed by atoms with Crippen LogP contribution >= 0.6 is 0 Å². The van der Waals surface area contributed by atoms with E-state index in [0.717, 1.165) is 6.07 Å². The fourth-order valence-electron chi connectivity index (χ4n) is 1.22. The first kappa shape index (κ1) is 12.6. The molecular weight excluding hydrogens is 228 g/mol. The van der Waals surface area contributed by atoms with E-state index in [1.54, 1.807) is 0 Å². The Morgan fingerprint density at radius 1 is 1.41 bits per heavy atom. The normalized spacial score (nSPS) is 9.53. The molecule has 0 aromatic heterocycles. The molecule has 0 fully saturated rings.